The van der Waals surface area contributed by atoms with E-state index in [1.807, 2.05) is 0 Å². The summed E-state index contributed by atoms with van der Waals surface area (Å²) < 4.78 is 13.7. The minimum atomic E-state index is -0.571. The molecule has 2 N–H and O–H groups in total. The van der Waals surface area contributed by atoms with Gasteiger partial charge in [-0.1, -0.05) is 24.1 Å². The standard InChI is InChI=1S/C14H16ClFN2O/c15-10-5-2-6-11(12(10)16)18-14(19)13-9-4-1-3-8(9)7-17-13/h2,5-6,8-9,13,17H,1,3-4,7H2,(H,18,19). The normalized spacial score (nSPS) is 29.3. The number of anilines is 1. The molecular formula is C14H16ClFN2O. The second-order valence-electron chi connectivity index (χ2n) is 5.33. The molecule has 1 heterocycles. The lowest BCUT2D eigenvalue weighted by atomic mass is 9.93. The number of halogens is 2. The van der Waals surface area contributed by atoms with E-state index >= 15 is 0 Å². The van der Waals surface area contributed by atoms with Gasteiger partial charge in [0.05, 0.1) is 16.8 Å². The maximum atomic E-state index is 13.7. The summed E-state index contributed by atoms with van der Waals surface area (Å²) in [5, 5.41) is 5.91. The van der Waals surface area contributed by atoms with E-state index < -0.39 is 5.82 Å². The summed E-state index contributed by atoms with van der Waals surface area (Å²) in [7, 11) is 0. The van der Waals surface area contributed by atoms with Crippen LogP contribution in [-0.2, 0) is 4.79 Å². The van der Waals surface area contributed by atoms with Crippen LogP contribution in [-0.4, -0.2) is 18.5 Å². The molecule has 102 valence electrons. The summed E-state index contributed by atoms with van der Waals surface area (Å²) in [6.45, 7) is 0.890. The van der Waals surface area contributed by atoms with Crippen LogP contribution in [0.4, 0.5) is 10.1 Å². The Morgan fingerprint density at radius 3 is 3.11 bits per heavy atom. The van der Waals surface area contributed by atoms with Crippen LogP contribution in [0.1, 0.15) is 19.3 Å². The Labute approximate surface area is 116 Å². The summed E-state index contributed by atoms with van der Waals surface area (Å²) in [6, 6.07) is 4.42. The average Bonchev–Trinajstić information content (AvgIpc) is 2.96. The van der Waals surface area contributed by atoms with Crippen LogP contribution in [0.25, 0.3) is 0 Å². The summed E-state index contributed by atoms with van der Waals surface area (Å²) in [4.78, 5) is 12.2. The van der Waals surface area contributed by atoms with Gasteiger partial charge in [-0.3, -0.25) is 4.79 Å². The predicted molar refractivity (Wildman–Crippen MR) is 72.7 cm³/mol. The monoisotopic (exact) mass is 282 g/mol. The molecule has 3 atom stereocenters. The maximum absolute atomic E-state index is 13.7. The quantitative estimate of drug-likeness (QED) is 0.876. The Morgan fingerprint density at radius 2 is 2.26 bits per heavy atom. The van der Waals surface area contributed by atoms with E-state index in [1.165, 1.54) is 25.0 Å². The Bertz CT molecular complexity index is 508. The number of carbonyl (C=O) groups excluding carboxylic acids is 1. The molecule has 0 radical (unpaired) electrons. The molecule has 3 nitrogen and oxygen atoms in total. The third-order valence-electron chi connectivity index (χ3n) is 4.24. The minimum absolute atomic E-state index is 0.0240. The summed E-state index contributed by atoms with van der Waals surface area (Å²) >= 11 is 5.70. The Hall–Kier alpha value is -1.13. The van der Waals surface area contributed by atoms with Crippen molar-refractivity contribution in [3.8, 4) is 0 Å². The van der Waals surface area contributed by atoms with Crippen molar-refractivity contribution in [1.82, 2.24) is 5.32 Å². The average molecular weight is 283 g/mol. The first-order valence-corrected chi connectivity index (χ1v) is 7.03. The lowest BCUT2D eigenvalue weighted by Crippen LogP contribution is -2.39. The highest BCUT2D eigenvalue weighted by atomic mass is 35.5. The largest absolute Gasteiger partial charge is 0.322 e. The van der Waals surface area contributed by atoms with Crippen molar-refractivity contribution in [2.24, 2.45) is 11.8 Å². The molecule has 1 amide bonds. The second-order valence-corrected chi connectivity index (χ2v) is 5.74. The van der Waals surface area contributed by atoms with E-state index in [0.29, 0.717) is 11.8 Å². The van der Waals surface area contributed by atoms with Crippen molar-refractivity contribution in [1.29, 1.82) is 0 Å². The Morgan fingerprint density at radius 1 is 1.42 bits per heavy atom. The maximum Gasteiger partial charge on any atom is 0.241 e. The lowest BCUT2D eigenvalue weighted by Gasteiger charge is -2.18. The van der Waals surface area contributed by atoms with Crippen molar-refractivity contribution in [2.75, 3.05) is 11.9 Å². The number of rotatable bonds is 2. The van der Waals surface area contributed by atoms with Gasteiger partial charge in [0.25, 0.3) is 0 Å². The number of benzene rings is 1. The second kappa shape index (κ2) is 5.10. The van der Waals surface area contributed by atoms with E-state index in [-0.39, 0.29) is 22.7 Å². The van der Waals surface area contributed by atoms with Crippen molar-refractivity contribution in [3.05, 3.63) is 29.0 Å². The third kappa shape index (κ3) is 2.35. The van der Waals surface area contributed by atoms with Gasteiger partial charge in [0.15, 0.2) is 5.82 Å². The van der Waals surface area contributed by atoms with Gasteiger partial charge in [-0.15, -0.1) is 0 Å². The van der Waals surface area contributed by atoms with Crippen molar-refractivity contribution in [2.45, 2.75) is 25.3 Å². The van der Waals surface area contributed by atoms with Crippen LogP contribution in [0.15, 0.2) is 18.2 Å². The van der Waals surface area contributed by atoms with Crippen molar-refractivity contribution in [3.63, 3.8) is 0 Å². The highest BCUT2D eigenvalue weighted by Gasteiger charge is 2.42. The smallest absolute Gasteiger partial charge is 0.241 e. The molecule has 2 fully saturated rings. The number of amides is 1. The van der Waals surface area contributed by atoms with E-state index in [9.17, 15) is 9.18 Å². The van der Waals surface area contributed by atoms with Crippen LogP contribution >= 0.6 is 11.6 Å². The molecule has 0 bridgehead atoms. The molecule has 3 unspecified atom stereocenters. The zero-order valence-corrected chi connectivity index (χ0v) is 11.2. The Balaban J connectivity index is 1.73. The fourth-order valence-electron chi connectivity index (χ4n) is 3.29. The van der Waals surface area contributed by atoms with E-state index in [4.69, 9.17) is 11.6 Å². The summed E-state index contributed by atoms with van der Waals surface area (Å²) in [5.74, 6) is 0.260. The molecule has 3 rings (SSSR count). The molecule has 1 aliphatic heterocycles. The number of hydrogen-bond acceptors (Lipinski definition) is 2. The van der Waals surface area contributed by atoms with Crippen molar-refractivity contribution >= 4 is 23.2 Å². The summed E-state index contributed by atoms with van der Waals surface area (Å²) in [5.41, 5.74) is 0.153. The van der Waals surface area contributed by atoms with Crippen molar-refractivity contribution < 1.29 is 9.18 Å². The highest BCUT2D eigenvalue weighted by molar-refractivity contribution is 6.31. The first kappa shape index (κ1) is 12.9. The van der Waals surface area contributed by atoms with Gasteiger partial charge < -0.3 is 10.6 Å². The number of fused-ring (bicyclic) bond motifs is 1. The molecule has 2 aliphatic rings. The van der Waals surface area contributed by atoms with Crippen LogP contribution in [0.5, 0.6) is 0 Å². The third-order valence-corrected chi connectivity index (χ3v) is 4.53. The lowest BCUT2D eigenvalue weighted by molar-refractivity contribution is -0.118. The van der Waals surface area contributed by atoms with Crippen LogP contribution < -0.4 is 10.6 Å². The van der Waals surface area contributed by atoms with Crippen LogP contribution in [0.2, 0.25) is 5.02 Å². The number of hydrogen-bond donors (Lipinski definition) is 2. The number of nitrogens with one attached hydrogen (secondary N) is 2. The molecule has 1 saturated heterocycles. The Kier molecular flexibility index (Phi) is 3.46. The highest BCUT2D eigenvalue weighted by Crippen LogP contribution is 2.38. The van der Waals surface area contributed by atoms with E-state index in [0.717, 1.165) is 13.0 Å². The minimum Gasteiger partial charge on any atom is -0.322 e. The first-order valence-electron chi connectivity index (χ1n) is 6.65. The molecule has 1 aromatic carbocycles. The fourth-order valence-corrected chi connectivity index (χ4v) is 3.46. The van der Waals surface area contributed by atoms with Gasteiger partial charge in [-0.05, 0) is 43.4 Å². The predicted octanol–water partition coefficient (Wildman–Crippen LogP) is 2.81. The van der Waals surface area contributed by atoms with Gasteiger partial charge in [0.1, 0.15) is 0 Å². The summed E-state index contributed by atoms with van der Waals surface area (Å²) in [6.07, 6.45) is 3.45. The molecule has 1 aliphatic carbocycles. The van der Waals surface area contributed by atoms with Gasteiger partial charge in [0.2, 0.25) is 5.91 Å². The van der Waals surface area contributed by atoms with Crippen LogP contribution in [0.3, 0.4) is 0 Å². The van der Waals surface area contributed by atoms with E-state index in [2.05, 4.69) is 10.6 Å². The number of carbonyl (C=O) groups is 1. The molecule has 19 heavy (non-hydrogen) atoms. The SMILES string of the molecule is O=C(Nc1cccc(Cl)c1F)C1NCC2CCCC21. The fraction of sp³-hybridized carbons (Fsp3) is 0.500. The molecule has 1 saturated carbocycles. The zero-order valence-electron chi connectivity index (χ0n) is 10.5. The first-order chi connectivity index (χ1) is 9.16. The topological polar surface area (TPSA) is 41.1 Å². The molecule has 1 aromatic rings. The molecule has 0 aromatic heterocycles. The van der Waals surface area contributed by atoms with Gasteiger partial charge in [0, 0.05) is 0 Å². The van der Waals surface area contributed by atoms with Gasteiger partial charge in [-0.2, -0.15) is 0 Å². The molecular weight excluding hydrogens is 267 g/mol. The molecule has 0 spiro atoms. The van der Waals surface area contributed by atoms with Gasteiger partial charge in [-0.25, -0.2) is 4.39 Å². The zero-order chi connectivity index (χ0) is 13.4. The molecule has 5 heteroatoms. The van der Waals surface area contributed by atoms with Gasteiger partial charge >= 0.3 is 0 Å². The van der Waals surface area contributed by atoms with Crippen LogP contribution in [0, 0.1) is 17.7 Å². The van der Waals surface area contributed by atoms with E-state index in [1.54, 1.807) is 6.07 Å².